The molecule has 0 aromatic heterocycles. The maximum atomic E-state index is 11.9. The Morgan fingerprint density at radius 2 is 1.94 bits per heavy atom. The van der Waals surface area contributed by atoms with E-state index < -0.39 is 22.7 Å². The monoisotopic (exact) mass is 269 g/mol. The van der Waals surface area contributed by atoms with Gasteiger partial charge in [0.1, 0.15) is 12.3 Å². The van der Waals surface area contributed by atoms with Crippen LogP contribution in [0.4, 0.5) is 13.2 Å². The van der Waals surface area contributed by atoms with Gasteiger partial charge in [0, 0.05) is 0 Å². The summed E-state index contributed by atoms with van der Waals surface area (Å²) in [7, 11) is -4.21. The van der Waals surface area contributed by atoms with Crippen molar-refractivity contribution in [2.24, 2.45) is 0 Å². The van der Waals surface area contributed by atoms with Crippen LogP contribution in [-0.2, 0) is 10.0 Å². The molecule has 0 unspecified atom stereocenters. The largest absolute Gasteiger partial charge is 0.508 e. The van der Waals surface area contributed by atoms with Crippen LogP contribution in [0.15, 0.2) is 23.1 Å². The highest BCUT2D eigenvalue weighted by Gasteiger charge is 2.30. The third kappa shape index (κ3) is 3.90. The molecule has 0 bridgehead atoms. The highest BCUT2D eigenvalue weighted by Crippen LogP contribution is 2.21. The molecular weight excluding hydrogens is 259 g/mol. The number of sulfonamides is 1. The van der Waals surface area contributed by atoms with Crippen LogP contribution >= 0.6 is 0 Å². The summed E-state index contributed by atoms with van der Waals surface area (Å²) in [6, 6.07) is 3.23. The van der Waals surface area contributed by atoms with E-state index in [0.717, 1.165) is 18.2 Å². The van der Waals surface area contributed by atoms with Crippen LogP contribution in [0.1, 0.15) is 5.56 Å². The van der Waals surface area contributed by atoms with E-state index in [1.807, 2.05) is 0 Å². The van der Waals surface area contributed by atoms with Crippen molar-refractivity contribution in [1.82, 2.24) is 4.72 Å². The van der Waals surface area contributed by atoms with Crippen molar-refractivity contribution in [3.05, 3.63) is 23.8 Å². The minimum atomic E-state index is -4.61. The fourth-order valence-corrected chi connectivity index (χ4v) is 2.15. The molecule has 1 aromatic carbocycles. The lowest BCUT2D eigenvalue weighted by atomic mass is 10.2. The topological polar surface area (TPSA) is 66.4 Å². The number of phenols is 1. The minimum absolute atomic E-state index is 0.125. The molecule has 0 fully saturated rings. The molecule has 1 aromatic rings. The Kier molecular flexibility index (Phi) is 3.68. The van der Waals surface area contributed by atoms with E-state index in [1.54, 1.807) is 0 Å². The average Bonchev–Trinajstić information content (AvgIpc) is 2.18. The summed E-state index contributed by atoms with van der Waals surface area (Å²) in [6.07, 6.45) is -4.61. The van der Waals surface area contributed by atoms with Gasteiger partial charge in [-0.05, 0) is 30.7 Å². The number of alkyl halides is 3. The Hall–Kier alpha value is -1.28. The van der Waals surface area contributed by atoms with E-state index in [9.17, 15) is 26.7 Å². The maximum absolute atomic E-state index is 11.9. The Morgan fingerprint density at radius 1 is 1.35 bits per heavy atom. The summed E-state index contributed by atoms with van der Waals surface area (Å²) in [4.78, 5) is -0.322. The van der Waals surface area contributed by atoms with Gasteiger partial charge in [-0.2, -0.15) is 13.2 Å². The van der Waals surface area contributed by atoms with Crippen molar-refractivity contribution in [3.63, 3.8) is 0 Å². The van der Waals surface area contributed by atoms with Gasteiger partial charge in [-0.1, -0.05) is 0 Å². The third-order valence-electron chi connectivity index (χ3n) is 1.94. The van der Waals surface area contributed by atoms with Crippen molar-refractivity contribution in [3.8, 4) is 5.75 Å². The van der Waals surface area contributed by atoms with Crippen molar-refractivity contribution < 1.29 is 26.7 Å². The van der Waals surface area contributed by atoms with Crippen LogP contribution in [0, 0.1) is 6.92 Å². The number of hydrogen-bond acceptors (Lipinski definition) is 3. The molecule has 1 rings (SSSR count). The number of phenolic OH excluding ortho intramolecular Hbond substituents is 1. The number of rotatable bonds is 3. The van der Waals surface area contributed by atoms with E-state index in [0.29, 0.717) is 0 Å². The van der Waals surface area contributed by atoms with Gasteiger partial charge in [-0.3, -0.25) is 0 Å². The fraction of sp³-hybridized carbons (Fsp3) is 0.333. The second-order valence-corrected chi connectivity index (χ2v) is 5.15. The van der Waals surface area contributed by atoms with Crippen LogP contribution < -0.4 is 4.72 Å². The molecule has 0 spiro atoms. The van der Waals surface area contributed by atoms with Gasteiger partial charge in [-0.15, -0.1) is 0 Å². The molecule has 8 heteroatoms. The van der Waals surface area contributed by atoms with Crippen molar-refractivity contribution in [2.45, 2.75) is 18.0 Å². The molecule has 0 aliphatic heterocycles. The first-order chi connectivity index (χ1) is 7.62. The quantitative estimate of drug-likeness (QED) is 0.874. The summed E-state index contributed by atoms with van der Waals surface area (Å²) in [5, 5.41) is 9.17. The normalized spacial score (nSPS) is 12.7. The Bertz CT molecular complexity index is 511. The first kappa shape index (κ1) is 13.8. The summed E-state index contributed by atoms with van der Waals surface area (Å²) < 4.78 is 60.0. The molecule has 0 heterocycles. The van der Waals surface area contributed by atoms with Crippen molar-refractivity contribution in [1.29, 1.82) is 0 Å². The molecule has 4 nitrogen and oxygen atoms in total. The molecule has 96 valence electrons. The third-order valence-corrected chi connectivity index (χ3v) is 3.34. The van der Waals surface area contributed by atoms with E-state index in [2.05, 4.69) is 0 Å². The van der Waals surface area contributed by atoms with Crippen LogP contribution in [-0.4, -0.2) is 26.2 Å². The Balaban J connectivity index is 2.94. The molecule has 0 amide bonds. The lowest BCUT2D eigenvalue weighted by Gasteiger charge is -2.10. The molecule has 0 radical (unpaired) electrons. The van der Waals surface area contributed by atoms with E-state index in [1.165, 1.54) is 11.6 Å². The number of benzene rings is 1. The van der Waals surface area contributed by atoms with Gasteiger partial charge >= 0.3 is 6.18 Å². The molecule has 2 N–H and O–H groups in total. The van der Waals surface area contributed by atoms with Crippen molar-refractivity contribution >= 4 is 10.0 Å². The molecule has 0 atom stereocenters. The van der Waals surface area contributed by atoms with E-state index in [-0.39, 0.29) is 16.2 Å². The van der Waals surface area contributed by atoms with Crippen LogP contribution in [0.5, 0.6) is 5.75 Å². The zero-order valence-electron chi connectivity index (χ0n) is 8.75. The Labute approximate surface area is 96.1 Å². The molecule has 0 saturated carbocycles. The molecule has 0 aliphatic carbocycles. The van der Waals surface area contributed by atoms with Crippen molar-refractivity contribution in [2.75, 3.05) is 6.54 Å². The van der Waals surface area contributed by atoms with Crippen LogP contribution in [0.3, 0.4) is 0 Å². The highest BCUT2D eigenvalue weighted by atomic mass is 32.2. The molecular formula is C9H10F3NO3S. The zero-order valence-corrected chi connectivity index (χ0v) is 9.56. The number of aromatic hydroxyl groups is 1. The second-order valence-electron chi connectivity index (χ2n) is 3.39. The molecule has 0 saturated heterocycles. The van der Waals surface area contributed by atoms with E-state index >= 15 is 0 Å². The summed E-state index contributed by atoms with van der Waals surface area (Å²) in [6.45, 7) is -0.187. The maximum Gasteiger partial charge on any atom is 0.402 e. The van der Waals surface area contributed by atoms with Gasteiger partial charge < -0.3 is 5.11 Å². The standard InChI is InChI=1S/C9H10F3NO3S/c1-6-4-7(2-3-8(6)14)17(15,16)13-5-9(10,11)12/h2-4,13-14H,5H2,1H3. The van der Waals surface area contributed by atoms with Gasteiger partial charge in [0.2, 0.25) is 10.0 Å². The first-order valence-corrected chi connectivity index (χ1v) is 5.96. The first-order valence-electron chi connectivity index (χ1n) is 4.48. The van der Waals surface area contributed by atoms with E-state index in [4.69, 9.17) is 0 Å². The van der Waals surface area contributed by atoms with Gasteiger partial charge in [0.05, 0.1) is 4.90 Å². The summed E-state index contributed by atoms with van der Waals surface area (Å²) in [5.74, 6) is -0.125. The number of nitrogens with one attached hydrogen (secondary N) is 1. The average molecular weight is 269 g/mol. The smallest absolute Gasteiger partial charge is 0.402 e. The minimum Gasteiger partial charge on any atom is -0.508 e. The van der Waals surface area contributed by atoms with Crippen LogP contribution in [0.25, 0.3) is 0 Å². The SMILES string of the molecule is Cc1cc(S(=O)(=O)NCC(F)(F)F)ccc1O. The van der Waals surface area contributed by atoms with Gasteiger partial charge in [0.15, 0.2) is 0 Å². The molecule has 0 aliphatic rings. The predicted molar refractivity (Wildman–Crippen MR) is 54.1 cm³/mol. The zero-order chi connectivity index (χ0) is 13.3. The lowest BCUT2D eigenvalue weighted by Crippen LogP contribution is -2.33. The number of hydrogen-bond donors (Lipinski definition) is 2. The predicted octanol–water partition coefficient (Wildman–Crippen LogP) is 1.54. The second kappa shape index (κ2) is 4.53. The van der Waals surface area contributed by atoms with Gasteiger partial charge in [0.25, 0.3) is 0 Å². The number of aryl methyl sites for hydroxylation is 1. The summed E-state index contributed by atoms with van der Waals surface area (Å²) in [5.41, 5.74) is 0.264. The number of halogens is 3. The fourth-order valence-electron chi connectivity index (χ4n) is 1.06. The Morgan fingerprint density at radius 3 is 2.41 bits per heavy atom. The highest BCUT2D eigenvalue weighted by molar-refractivity contribution is 7.89. The molecule has 17 heavy (non-hydrogen) atoms. The summed E-state index contributed by atoms with van der Waals surface area (Å²) >= 11 is 0. The lowest BCUT2D eigenvalue weighted by molar-refractivity contribution is -0.121. The van der Waals surface area contributed by atoms with Crippen LogP contribution in [0.2, 0.25) is 0 Å². The van der Waals surface area contributed by atoms with Gasteiger partial charge in [-0.25, -0.2) is 13.1 Å².